The molecule has 0 spiro atoms. The molecule has 0 fully saturated rings. The average molecular weight is 431 g/mol. The van der Waals surface area contributed by atoms with Crippen molar-refractivity contribution in [3.05, 3.63) is 39.3 Å². The van der Waals surface area contributed by atoms with E-state index in [1.807, 2.05) is 25.5 Å². The number of thioether (sulfide) groups is 1. The molecule has 0 unspecified atom stereocenters. The second-order valence-corrected chi connectivity index (χ2v) is 9.16. The van der Waals surface area contributed by atoms with E-state index in [1.165, 1.54) is 28.0 Å². The van der Waals surface area contributed by atoms with Gasteiger partial charge in [0.25, 0.3) is 5.78 Å². The highest BCUT2D eigenvalue weighted by atomic mass is 32.2. The number of aryl methyl sites for hydroxylation is 3. The standard InChI is InChI=1S/C18H18N6OS3/c1-9-5-6-14(28-9)13-8-27-17(20-13)21-15(25)7-12-10(2)19-16-22-18(26-4)23-24(16)11(12)3/h5-6,8H,7H2,1-4H3,(H,20,21,25). The average Bonchev–Trinajstić information content (AvgIpc) is 3.38. The molecule has 4 heterocycles. The van der Waals surface area contributed by atoms with Gasteiger partial charge in [0, 0.05) is 27.2 Å². The van der Waals surface area contributed by atoms with Crippen molar-refractivity contribution in [2.24, 2.45) is 0 Å². The summed E-state index contributed by atoms with van der Waals surface area (Å²) in [5, 5.41) is 10.6. The Balaban J connectivity index is 1.53. The van der Waals surface area contributed by atoms with E-state index in [4.69, 9.17) is 0 Å². The van der Waals surface area contributed by atoms with Gasteiger partial charge >= 0.3 is 0 Å². The Morgan fingerprint density at radius 3 is 2.75 bits per heavy atom. The highest BCUT2D eigenvalue weighted by molar-refractivity contribution is 7.98. The van der Waals surface area contributed by atoms with Crippen LogP contribution in [0.3, 0.4) is 0 Å². The van der Waals surface area contributed by atoms with E-state index in [2.05, 4.69) is 44.4 Å². The first kappa shape index (κ1) is 19.0. The highest BCUT2D eigenvalue weighted by Crippen LogP contribution is 2.30. The number of nitrogens with one attached hydrogen (secondary N) is 1. The van der Waals surface area contributed by atoms with Crippen LogP contribution in [0.2, 0.25) is 0 Å². The second-order valence-electron chi connectivity index (χ2n) is 6.24. The number of nitrogens with zero attached hydrogens (tertiary/aromatic N) is 5. The molecule has 28 heavy (non-hydrogen) atoms. The van der Waals surface area contributed by atoms with Crippen LogP contribution < -0.4 is 5.32 Å². The monoisotopic (exact) mass is 430 g/mol. The van der Waals surface area contributed by atoms with Crippen LogP contribution >= 0.6 is 34.4 Å². The lowest BCUT2D eigenvalue weighted by Gasteiger charge is -2.09. The summed E-state index contributed by atoms with van der Waals surface area (Å²) < 4.78 is 1.70. The number of thiophene rings is 1. The zero-order chi connectivity index (χ0) is 19.8. The Morgan fingerprint density at radius 1 is 1.21 bits per heavy atom. The lowest BCUT2D eigenvalue weighted by atomic mass is 10.1. The number of aromatic nitrogens is 5. The minimum absolute atomic E-state index is 0.124. The summed E-state index contributed by atoms with van der Waals surface area (Å²) in [7, 11) is 0. The normalized spacial score (nSPS) is 11.3. The molecular weight excluding hydrogens is 412 g/mol. The number of rotatable bonds is 5. The van der Waals surface area contributed by atoms with Crippen molar-refractivity contribution in [2.45, 2.75) is 32.3 Å². The fourth-order valence-corrected chi connectivity index (χ4v) is 4.84. The number of anilines is 1. The summed E-state index contributed by atoms with van der Waals surface area (Å²) in [5.74, 6) is 0.431. The van der Waals surface area contributed by atoms with Crippen LogP contribution in [-0.4, -0.2) is 36.7 Å². The van der Waals surface area contributed by atoms with E-state index in [1.54, 1.807) is 15.9 Å². The molecule has 0 radical (unpaired) electrons. The molecule has 1 N–H and O–H groups in total. The van der Waals surface area contributed by atoms with E-state index in [0.29, 0.717) is 16.1 Å². The molecule has 4 rings (SSSR count). The third-order valence-electron chi connectivity index (χ3n) is 4.29. The summed E-state index contributed by atoms with van der Waals surface area (Å²) >= 11 is 4.58. The van der Waals surface area contributed by atoms with Gasteiger partial charge in [0.15, 0.2) is 5.13 Å². The molecule has 0 aliphatic heterocycles. The predicted octanol–water partition coefficient (Wildman–Crippen LogP) is 4.14. The third-order valence-corrected chi connectivity index (χ3v) is 6.61. The lowest BCUT2D eigenvalue weighted by molar-refractivity contribution is -0.115. The van der Waals surface area contributed by atoms with Crippen molar-refractivity contribution >= 4 is 51.3 Å². The smallest absolute Gasteiger partial charge is 0.253 e. The van der Waals surface area contributed by atoms with E-state index >= 15 is 0 Å². The van der Waals surface area contributed by atoms with Crippen LogP contribution in [0.15, 0.2) is 22.7 Å². The van der Waals surface area contributed by atoms with Crippen molar-refractivity contribution in [2.75, 3.05) is 11.6 Å². The first-order valence-corrected chi connectivity index (χ1v) is 11.5. The maximum atomic E-state index is 12.6. The minimum atomic E-state index is -0.124. The summed E-state index contributed by atoms with van der Waals surface area (Å²) in [5.41, 5.74) is 3.41. The van der Waals surface area contributed by atoms with Crippen molar-refractivity contribution in [3.8, 4) is 10.6 Å². The topological polar surface area (TPSA) is 85.1 Å². The SMILES string of the molecule is CSc1nc2nc(C)c(CC(=O)Nc3nc(-c4ccc(C)s4)cs3)c(C)n2n1. The van der Waals surface area contributed by atoms with Crippen LogP contribution in [0, 0.1) is 20.8 Å². The van der Waals surface area contributed by atoms with Crippen molar-refractivity contribution in [1.29, 1.82) is 0 Å². The quantitative estimate of drug-likeness (QED) is 0.479. The molecule has 0 saturated carbocycles. The molecular formula is C18H18N6OS3. The van der Waals surface area contributed by atoms with Gasteiger partial charge in [-0.15, -0.1) is 27.8 Å². The predicted molar refractivity (Wildman–Crippen MR) is 115 cm³/mol. The van der Waals surface area contributed by atoms with Crippen LogP contribution in [0.25, 0.3) is 16.3 Å². The van der Waals surface area contributed by atoms with Crippen LogP contribution in [-0.2, 0) is 11.2 Å². The molecule has 0 aromatic carbocycles. The van der Waals surface area contributed by atoms with E-state index in [9.17, 15) is 4.79 Å². The molecule has 4 aromatic heterocycles. The largest absolute Gasteiger partial charge is 0.302 e. The van der Waals surface area contributed by atoms with E-state index in [0.717, 1.165) is 27.5 Å². The van der Waals surface area contributed by atoms with Crippen LogP contribution in [0.1, 0.15) is 21.8 Å². The van der Waals surface area contributed by atoms with Crippen molar-refractivity contribution in [3.63, 3.8) is 0 Å². The molecule has 144 valence electrons. The number of amides is 1. The van der Waals surface area contributed by atoms with Gasteiger partial charge in [-0.25, -0.2) is 14.5 Å². The minimum Gasteiger partial charge on any atom is -0.302 e. The fourth-order valence-electron chi connectivity index (χ4n) is 2.87. The number of hydrogen-bond acceptors (Lipinski definition) is 8. The number of carbonyl (C=O) groups is 1. The summed E-state index contributed by atoms with van der Waals surface area (Å²) in [6.45, 7) is 5.89. The molecule has 10 heteroatoms. The van der Waals surface area contributed by atoms with Crippen LogP contribution in [0.4, 0.5) is 5.13 Å². The zero-order valence-corrected chi connectivity index (χ0v) is 18.3. The Kier molecular flexibility index (Phi) is 5.17. The van der Waals surface area contributed by atoms with Crippen molar-refractivity contribution < 1.29 is 4.79 Å². The molecule has 7 nitrogen and oxygen atoms in total. The van der Waals surface area contributed by atoms with Gasteiger partial charge in [-0.3, -0.25) is 4.79 Å². The van der Waals surface area contributed by atoms with Gasteiger partial charge in [0.05, 0.1) is 17.0 Å². The molecule has 0 aliphatic carbocycles. The summed E-state index contributed by atoms with van der Waals surface area (Å²) in [4.78, 5) is 28.4. The highest BCUT2D eigenvalue weighted by Gasteiger charge is 2.17. The number of fused-ring (bicyclic) bond motifs is 1. The molecule has 4 aromatic rings. The Bertz CT molecular complexity index is 1180. The van der Waals surface area contributed by atoms with Crippen molar-refractivity contribution in [1.82, 2.24) is 24.6 Å². The Morgan fingerprint density at radius 2 is 2.04 bits per heavy atom. The van der Waals surface area contributed by atoms with E-state index in [-0.39, 0.29) is 12.3 Å². The van der Waals surface area contributed by atoms with Gasteiger partial charge in [0.1, 0.15) is 0 Å². The maximum absolute atomic E-state index is 12.6. The Labute approximate surface area is 174 Å². The third kappa shape index (κ3) is 3.67. The summed E-state index contributed by atoms with van der Waals surface area (Å²) in [6.07, 6.45) is 2.13. The first-order chi connectivity index (χ1) is 13.4. The molecule has 0 atom stereocenters. The molecule has 0 bridgehead atoms. The van der Waals surface area contributed by atoms with Gasteiger partial charge in [-0.05, 0) is 39.2 Å². The molecule has 0 aliphatic rings. The maximum Gasteiger partial charge on any atom is 0.253 e. The van der Waals surface area contributed by atoms with Gasteiger partial charge < -0.3 is 5.32 Å². The molecule has 0 saturated heterocycles. The number of hydrogen-bond donors (Lipinski definition) is 1. The first-order valence-electron chi connectivity index (χ1n) is 8.53. The number of thiazole rings is 1. The fraction of sp³-hybridized carbons (Fsp3) is 0.278. The van der Waals surface area contributed by atoms with Gasteiger partial charge in [-0.1, -0.05) is 11.8 Å². The zero-order valence-electron chi connectivity index (χ0n) is 15.8. The van der Waals surface area contributed by atoms with E-state index < -0.39 is 0 Å². The number of carbonyl (C=O) groups excluding carboxylic acids is 1. The van der Waals surface area contributed by atoms with Gasteiger partial charge in [-0.2, -0.15) is 4.98 Å². The Hall–Kier alpha value is -2.30. The lowest BCUT2D eigenvalue weighted by Crippen LogP contribution is -2.17. The summed E-state index contributed by atoms with van der Waals surface area (Å²) in [6, 6.07) is 4.12. The van der Waals surface area contributed by atoms with Gasteiger partial charge in [0.2, 0.25) is 11.1 Å². The molecule has 1 amide bonds. The van der Waals surface area contributed by atoms with Crippen LogP contribution in [0.5, 0.6) is 0 Å². The second kappa shape index (κ2) is 7.61.